The number of rotatable bonds is 5. The normalized spacial score (nSPS) is 15.2. The summed E-state index contributed by atoms with van der Waals surface area (Å²) in [7, 11) is 1.42. The van der Waals surface area contributed by atoms with Gasteiger partial charge in [-0.1, -0.05) is 13.8 Å². The maximum atomic E-state index is 12.6. The second-order valence-corrected chi connectivity index (χ2v) is 8.02. The number of aromatic nitrogens is 1. The van der Waals surface area contributed by atoms with Gasteiger partial charge in [0.05, 0.1) is 11.3 Å². The van der Waals surface area contributed by atoms with Gasteiger partial charge in [0, 0.05) is 36.7 Å². The summed E-state index contributed by atoms with van der Waals surface area (Å²) in [6.07, 6.45) is 3.19. The summed E-state index contributed by atoms with van der Waals surface area (Å²) in [5.41, 5.74) is 9.21. The SMILES string of the molecule is COCC(=O)Nc1cc(-n2cc(C)c3c2CC(C)(C)CC3=O)ccc1C(N)=O. The Balaban J connectivity index is 2.10. The number of primary amides is 1. The molecule has 0 unspecified atom stereocenters. The zero-order valence-electron chi connectivity index (χ0n) is 16.6. The molecule has 1 aromatic heterocycles. The summed E-state index contributed by atoms with van der Waals surface area (Å²) in [5.74, 6) is -0.879. The van der Waals surface area contributed by atoms with Crippen molar-refractivity contribution >= 4 is 23.3 Å². The molecule has 3 N–H and O–H groups in total. The Hall–Kier alpha value is -2.93. The minimum Gasteiger partial charge on any atom is -0.375 e. The molecule has 0 bridgehead atoms. The third kappa shape index (κ3) is 3.71. The Morgan fingerprint density at radius 2 is 2.00 bits per heavy atom. The summed E-state index contributed by atoms with van der Waals surface area (Å²) >= 11 is 0. The molecule has 0 spiro atoms. The molecule has 0 saturated carbocycles. The second-order valence-electron chi connectivity index (χ2n) is 8.02. The molecule has 1 heterocycles. The van der Waals surface area contributed by atoms with Crippen molar-refractivity contribution in [3.63, 3.8) is 0 Å². The third-order valence-electron chi connectivity index (χ3n) is 4.96. The molecule has 1 aliphatic rings. The molecule has 7 heteroatoms. The zero-order chi connectivity index (χ0) is 20.6. The van der Waals surface area contributed by atoms with Crippen molar-refractivity contribution in [3.05, 3.63) is 46.8 Å². The lowest BCUT2D eigenvalue weighted by Gasteiger charge is -2.30. The number of hydrogen-bond acceptors (Lipinski definition) is 4. The van der Waals surface area contributed by atoms with Crippen LogP contribution in [0.15, 0.2) is 24.4 Å². The van der Waals surface area contributed by atoms with Crippen molar-refractivity contribution in [1.82, 2.24) is 4.57 Å². The van der Waals surface area contributed by atoms with Crippen LogP contribution >= 0.6 is 0 Å². The van der Waals surface area contributed by atoms with Gasteiger partial charge in [0.2, 0.25) is 5.91 Å². The van der Waals surface area contributed by atoms with E-state index in [1.54, 1.807) is 18.2 Å². The third-order valence-corrected chi connectivity index (χ3v) is 4.96. The number of Topliss-reactive ketones (excluding diaryl/α,β-unsaturated/α-hetero) is 1. The van der Waals surface area contributed by atoms with Gasteiger partial charge in [0.1, 0.15) is 6.61 Å². The van der Waals surface area contributed by atoms with Crippen molar-refractivity contribution in [3.8, 4) is 5.69 Å². The van der Waals surface area contributed by atoms with Crippen LogP contribution in [0.1, 0.15) is 52.2 Å². The molecule has 0 atom stereocenters. The first-order valence-corrected chi connectivity index (χ1v) is 9.10. The zero-order valence-corrected chi connectivity index (χ0v) is 16.6. The van der Waals surface area contributed by atoms with E-state index < -0.39 is 5.91 Å². The first-order chi connectivity index (χ1) is 13.1. The fourth-order valence-electron chi connectivity index (χ4n) is 3.83. The van der Waals surface area contributed by atoms with Crippen LogP contribution < -0.4 is 11.1 Å². The van der Waals surface area contributed by atoms with E-state index in [4.69, 9.17) is 10.5 Å². The number of nitrogens with one attached hydrogen (secondary N) is 1. The highest BCUT2D eigenvalue weighted by Gasteiger charge is 2.34. The van der Waals surface area contributed by atoms with Crippen LogP contribution in [0.4, 0.5) is 5.69 Å². The number of nitrogens with two attached hydrogens (primary N) is 1. The van der Waals surface area contributed by atoms with Gasteiger partial charge in [-0.3, -0.25) is 14.4 Å². The number of carbonyl (C=O) groups is 3. The second kappa shape index (κ2) is 7.24. The van der Waals surface area contributed by atoms with Gasteiger partial charge in [-0.25, -0.2) is 0 Å². The molecule has 2 aromatic rings. The summed E-state index contributed by atoms with van der Waals surface area (Å²) in [4.78, 5) is 36.4. The maximum Gasteiger partial charge on any atom is 0.250 e. The lowest BCUT2D eigenvalue weighted by molar-refractivity contribution is -0.119. The number of methoxy groups -OCH3 is 1. The fourth-order valence-corrected chi connectivity index (χ4v) is 3.83. The van der Waals surface area contributed by atoms with Crippen molar-refractivity contribution in [2.24, 2.45) is 11.1 Å². The molecule has 7 nitrogen and oxygen atoms in total. The Kier molecular flexibility index (Phi) is 5.12. The van der Waals surface area contributed by atoms with E-state index in [-0.39, 0.29) is 29.3 Å². The first kappa shape index (κ1) is 19.8. The Bertz CT molecular complexity index is 972. The maximum absolute atomic E-state index is 12.6. The van der Waals surface area contributed by atoms with E-state index >= 15 is 0 Å². The van der Waals surface area contributed by atoms with E-state index in [0.29, 0.717) is 12.1 Å². The van der Waals surface area contributed by atoms with E-state index in [0.717, 1.165) is 28.9 Å². The number of anilines is 1. The number of aryl methyl sites for hydroxylation is 1. The number of nitrogens with zero attached hydrogens (tertiary/aromatic N) is 1. The lowest BCUT2D eigenvalue weighted by Crippen LogP contribution is -2.28. The lowest BCUT2D eigenvalue weighted by atomic mass is 9.75. The summed E-state index contributed by atoms with van der Waals surface area (Å²) < 4.78 is 6.79. The molecule has 0 fully saturated rings. The molecule has 1 aliphatic carbocycles. The van der Waals surface area contributed by atoms with Crippen molar-refractivity contribution < 1.29 is 19.1 Å². The largest absolute Gasteiger partial charge is 0.375 e. The van der Waals surface area contributed by atoms with Crippen LogP contribution in [0.2, 0.25) is 0 Å². The van der Waals surface area contributed by atoms with Crippen LogP contribution in [0.25, 0.3) is 5.69 Å². The Morgan fingerprint density at radius 1 is 1.29 bits per heavy atom. The van der Waals surface area contributed by atoms with E-state index in [2.05, 4.69) is 19.2 Å². The smallest absolute Gasteiger partial charge is 0.250 e. The number of ketones is 1. The standard InChI is InChI=1S/C21H25N3O4/c1-12-10-24(16-8-21(2,3)9-17(25)19(12)16)13-5-6-14(20(22)27)15(7-13)23-18(26)11-28-4/h5-7,10H,8-9,11H2,1-4H3,(H2,22,27)(H,23,26). The van der Waals surface area contributed by atoms with Crippen LogP contribution in [-0.2, 0) is 16.0 Å². The Morgan fingerprint density at radius 3 is 2.64 bits per heavy atom. The highest BCUT2D eigenvalue weighted by atomic mass is 16.5. The van der Waals surface area contributed by atoms with E-state index in [1.807, 2.05) is 17.7 Å². The molecule has 0 radical (unpaired) electrons. The average molecular weight is 383 g/mol. The molecule has 0 saturated heterocycles. The monoisotopic (exact) mass is 383 g/mol. The fraction of sp³-hybridized carbons (Fsp3) is 0.381. The number of amides is 2. The average Bonchev–Trinajstić information content (AvgIpc) is 2.90. The van der Waals surface area contributed by atoms with Gasteiger partial charge in [-0.15, -0.1) is 0 Å². The van der Waals surface area contributed by atoms with E-state index in [1.165, 1.54) is 7.11 Å². The molecule has 3 rings (SSSR count). The number of fused-ring (bicyclic) bond motifs is 1. The molecule has 148 valence electrons. The van der Waals surface area contributed by atoms with Gasteiger partial charge in [-0.05, 0) is 42.5 Å². The van der Waals surface area contributed by atoms with Gasteiger partial charge >= 0.3 is 0 Å². The predicted molar refractivity (Wildman–Crippen MR) is 106 cm³/mol. The highest BCUT2D eigenvalue weighted by Crippen LogP contribution is 2.38. The first-order valence-electron chi connectivity index (χ1n) is 9.10. The predicted octanol–water partition coefficient (Wildman–Crippen LogP) is 2.62. The van der Waals surface area contributed by atoms with Crippen LogP contribution in [0, 0.1) is 12.3 Å². The summed E-state index contributed by atoms with van der Waals surface area (Å²) in [6.45, 7) is 5.94. The van der Waals surface area contributed by atoms with Crippen molar-refractivity contribution in [2.45, 2.75) is 33.6 Å². The number of ether oxygens (including phenoxy) is 1. The van der Waals surface area contributed by atoms with Crippen LogP contribution in [0.3, 0.4) is 0 Å². The molecular weight excluding hydrogens is 358 g/mol. The molecule has 0 aliphatic heterocycles. The molecular formula is C21H25N3O4. The minimum atomic E-state index is -0.638. The van der Waals surface area contributed by atoms with Crippen molar-refractivity contribution in [1.29, 1.82) is 0 Å². The quantitative estimate of drug-likeness (QED) is 0.828. The number of hydrogen-bond donors (Lipinski definition) is 2. The number of carbonyl (C=O) groups excluding carboxylic acids is 3. The minimum absolute atomic E-state index is 0.130. The molecule has 28 heavy (non-hydrogen) atoms. The summed E-state index contributed by atoms with van der Waals surface area (Å²) in [6, 6.07) is 5.04. The summed E-state index contributed by atoms with van der Waals surface area (Å²) in [5, 5.41) is 2.67. The van der Waals surface area contributed by atoms with Crippen molar-refractivity contribution in [2.75, 3.05) is 19.0 Å². The van der Waals surface area contributed by atoms with Gasteiger partial charge in [0.15, 0.2) is 5.78 Å². The topological polar surface area (TPSA) is 103 Å². The molecule has 1 aromatic carbocycles. The van der Waals surface area contributed by atoms with Gasteiger partial charge in [-0.2, -0.15) is 0 Å². The van der Waals surface area contributed by atoms with Gasteiger partial charge in [0.25, 0.3) is 5.91 Å². The highest BCUT2D eigenvalue weighted by molar-refractivity contribution is 6.04. The molecule has 2 amide bonds. The van der Waals surface area contributed by atoms with Crippen LogP contribution in [0.5, 0.6) is 0 Å². The van der Waals surface area contributed by atoms with E-state index in [9.17, 15) is 14.4 Å². The van der Waals surface area contributed by atoms with Crippen LogP contribution in [-0.4, -0.2) is 35.9 Å². The number of benzene rings is 1. The Labute approximate surface area is 163 Å². The van der Waals surface area contributed by atoms with Gasteiger partial charge < -0.3 is 20.4 Å².